The maximum absolute atomic E-state index is 12.0. The minimum Gasteiger partial charge on any atom is -0.468 e. The monoisotopic (exact) mass is 288 g/mol. The molecular weight excluding hydrogens is 256 g/mol. The van der Waals surface area contributed by atoms with Crippen LogP contribution in [0.2, 0.25) is 0 Å². The number of hydrogen-bond donors (Lipinski definition) is 1. The summed E-state index contributed by atoms with van der Waals surface area (Å²) in [6.07, 6.45) is 1.70. The van der Waals surface area contributed by atoms with E-state index in [1.54, 1.807) is 0 Å². The van der Waals surface area contributed by atoms with Crippen LogP contribution < -0.4 is 5.32 Å². The van der Waals surface area contributed by atoms with Crippen LogP contribution in [0.25, 0.3) is 0 Å². The highest BCUT2D eigenvalue weighted by Gasteiger charge is 2.35. The van der Waals surface area contributed by atoms with Gasteiger partial charge in [-0.3, -0.25) is 4.79 Å². The van der Waals surface area contributed by atoms with E-state index in [1.807, 2.05) is 13.8 Å². The first-order valence-electron chi connectivity index (χ1n) is 7.52. The average molecular weight is 288 g/mol. The highest BCUT2D eigenvalue weighted by Crippen LogP contribution is 2.17. The number of likely N-dealkylation sites (N-methyl/N-ethyl adjacent to an activating group) is 1. The molecule has 2 atom stereocenters. The smallest absolute Gasteiger partial charge is 0.325 e. The highest BCUT2D eigenvalue weighted by atomic mass is 16.5. The average Bonchev–Trinajstić information content (AvgIpc) is 2.44. The lowest BCUT2D eigenvalue weighted by atomic mass is 9.92. The number of carbonyl (C=O) groups excluding carboxylic acids is 1. The SMILES string of the molecule is CCCNC(C)(CC(C)N(C)CCOCC)C(=O)OC. The van der Waals surface area contributed by atoms with Gasteiger partial charge in [-0.05, 0) is 47.2 Å². The van der Waals surface area contributed by atoms with Gasteiger partial charge in [0.1, 0.15) is 5.54 Å². The molecule has 0 heterocycles. The summed E-state index contributed by atoms with van der Waals surface area (Å²) in [5, 5.41) is 3.32. The summed E-state index contributed by atoms with van der Waals surface area (Å²) in [6, 6.07) is 0.268. The van der Waals surface area contributed by atoms with E-state index in [1.165, 1.54) is 7.11 Å². The van der Waals surface area contributed by atoms with E-state index in [0.717, 1.165) is 26.1 Å². The van der Waals surface area contributed by atoms with Crippen molar-refractivity contribution in [3.05, 3.63) is 0 Å². The maximum atomic E-state index is 12.0. The van der Waals surface area contributed by atoms with E-state index in [4.69, 9.17) is 9.47 Å². The van der Waals surface area contributed by atoms with Gasteiger partial charge in [0.05, 0.1) is 13.7 Å². The Morgan fingerprint density at radius 1 is 1.40 bits per heavy atom. The van der Waals surface area contributed by atoms with Gasteiger partial charge in [-0.1, -0.05) is 6.92 Å². The fraction of sp³-hybridized carbons (Fsp3) is 0.933. The summed E-state index contributed by atoms with van der Waals surface area (Å²) in [5.41, 5.74) is -0.635. The molecule has 0 radical (unpaired) electrons. The van der Waals surface area contributed by atoms with Crippen molar-refractivity contribution in [2.45, 2.75) is 52.1 Å². The second-order valence-corrected chi connectivity index (χ2v) is 5.48. The summed E-state index contributed by atoms with van der Waals surface area (Å²) in [6.45, 7) is 11.2. The molecular formula is C15H32N2O3. The number of nitrogens with zero attached hydrogens (tertiary/aromatic N) is 1. The van der Waals surface area contributed by atoms with Crippen LogP contribution in [0.3, 0.4) is 0 Å². The van der Waals surface area contributed by atoms with Crippen LogP contribution in [0.1, 0.15) is 40.5 Å². The van der Waals surface area contributed by atoms with E-state index < -0.39 is 5.54 Å². The van der Waals surface area contributed by atoms with Crippen LogP contribution in [-0.4, -0.2) is 62.9 Å². The molecule has 0 aliphatic rings. The Labute approximate surface area is 124 Å². The Morgan fingerprint density at radius 3 is 2.55 bits per heavy atom. The lowest BCUT2D eigenvalue weighted by Crippen LogP contribution is -2.54. The van der Waals surface area contributed by atoms with Gasteiger partial charge in [0.25, 0.3) is 0 Å². The predicted octanol–water partition coefficient (Wildman–Crippen LogP) is 1.66. The van der Waals surface area contributed by atoms with Gasteiger partial charge in [-0.15, -0.1) is 0 Å². The van der Waals surface area contributed by atoms with Crippen molar-refractivity contribution in [1.29, 1.82) is 0 Å². The van der Waals surface area contributed by atoms with Crippen LogP contribution in [0, 0.1) is 0 Å². The van der Waals surface area contributed by atoms with Crippen LogP contribution in [-0.2, 0) is 14.3 Å². The lowest BCUT2D eigenvalue weighted by Gasteiger charge is -2.34. The number of ether oxygens (including phenoxy) is 2. The van der Waals surface area contributed by atoms with Gasteiger partial charge in [0.2, 0.25) is 0 Å². The normalized spacial score (nSPS) is 15.9. The van der Waals surface area contributed by atoms with Gasteiger partial charge in [0.15, 0.2) is 0 Å². The minimum absolute atomic E-state index is 0.198. The third-order valence-corrected chi connectivity index (χ3v) is 3.65. The van der Waals surface area contributed by atoms with E-state index in [9.17, 15) is 4.79 Å². The van der Waals surface area contributed by atoms with Gasteiger partial charge >= 0.3 is 5.97 Å². The summed E-state index contributed by atoms with van der Waals surface area (Å²) in [7, 11) is 3.50. The molecule has 0 rings (SSSR count). The summed E-state index contributed by atoms with van der Waals surface area (Å²) >= 11 is 0. The molecule has 1 N–H and O–H groups in total. The Kier molecular flexibility index (Phi) is 9.80. The molecule has 2 unspecified atom stereocenters. The fourth-order valence-electron chi connectivity index (χ4n) is 2.17. The number of esters is 1. The quantitative estimate of drug-likeness (QED) is 0.463. The molecule has 0 aromatic carbocycles. The van der Waals surface area contributed by atoms with Gasteiger partial charge in [0, 0.05) is 19.2 Å². The van der Waals surface area contributed by atoms with Gasteiger partial charge in [-0.25, -0.2) is 0 Å². The van der Waals surface area contributed by atoms with Crippen LogP contribution in [0.15, 0.2) is 0 Å². The van der Waals surface area contributed by atoms with Crippen LogP contribution in [0.5, 0.6) is 0 Å². The molecule has 0 saturated carbocycles. The first-order chi connectivity index (χ1) is 9.41. The van der Waals surface area contributed by atoms with Crippen LogP contribution in [0.4, 0.5) is 0 Å². The predicted molar refractivity (Wildman–Crippen MR) is 81.9 cm³/mol. The number of rotatable bonds is 11. The second kappa shape index (κ2) is 10.1. The Bertz CT molecular complexity index is 274. The Hall–Kier alpha value is -0.650. The van der Waals surface area contributed by atoms with E-state index in [0.29, 0.717) is 13.0 Å². The van der Waals surface area contributed by atoms with Crippen molar-refractivity contribution < 1.29 is 14.3 Å². The molecule has 0 bridgehead atoms. The topological polar surface area (TPSA) is 50.8 Å². The van der Waals surface area contributed by atoms with Crippen molar-refractivity contribution in [3.63, 3.8) is 0 Å². The van der Waals surface area contributed by atoms with Crippen molar-refractivity contribution in [2.75, 3.05) is 40.5 Å². The number of methoxy groups -OCH3 is 1. The van der Waals surface area contributed by atoms with E-state index in [-0.39, 0.29) is 12.0 Å². The zero-order valence-corrected chi connectivity index (χ0v) is 14.0. The molecule has 0 aliphatic carbocycles. The second-order valence-electron chi connectivity index (χ2n) is 5.48. The molecule has 0 saturated heterocycles. The molecule has 0 aromatic heterocycles. The largest absolute Gasteiger partial charge is 0.468 e. The molecule has 0 aromatic rings. The molecule has 0 amide bonds. The first-order valence-corrected chi connectivity index (χ1v) is 7.52. The summed E-state index contributed by atoms with van der Waals surface area (Å²) in [4.78, 5) is 14.2. The zero-order valence-electron chi connectivity index (χ0n) is 14.0. The molecule has 20 heavy (non-hydrogen) atoms. The highest BCUT2D eigenvalue weighted by molar-refractivity contribution is 5.80. The molecule has 0 spiro atoms. The van der Waals surface area contributed by atoms with Crippen molar-refractivity contribution in [2.24, 2.45) is 0 Å². The summed E-state index contributed by atoms with van der Waals surface area (Å²) in [5.74, 6) is -0.198. The van der Waals surface area contributed by atoms with Crippen molar-refractivity contribution >= 4 is 5.97 Å². The molecule has 0 aliphatic heterocycles. The van der Waals surface area contributed by atoms with Gasteiger partial charge in [-0.2, -0.15) is 0 Å². The van der Waals surface area contributed by atoms with Crippen molar-refractivity contribution in [1.82, 2.24) is 10.2 Å². The van der Waals surface area contributed by atoms with Crippen molar-refractivity contribution in [3.8, 4) is 0 Å². The third-order valence-electron chi connectivity index (χ3n) is 3.65. The van der Waals surface area contributed by atoms with Gasteiger partial charge < -0.3 is 19.7 Å². The third kappa shape index (κ3) is 6.68. The molecule has 0 fully saturated rings. The molecule has 120 valence electrons. The van der Waals surface area contributed by atoms with Crippen LogP contribution >= 0.6 is 0 Å². The molecule has 5 heteroatoms. The fourth-order valence-corrected chi connectivity index (χ4v) is 2.17. The zero-order chi connectivity index (χ0) is 15.6. The molecule has 5 nitrogen and oxygen atoms in total. The Balaban J connectivity index is 4.51. The number of hydrogen-bond acceptors (Lipinski definition) is 5. The number of nitrogens with one attached hydrogen (secondary N) is 1. The summed E-state index contributed by atoms with van der Waals surface area (Å²) < 4.78 is 10.3. The maximum Gasteiger partial charge on any atom is 0.325 e. The first kappa shape index (κ1) is 19.4. The van der Waals surface area contributed by atoms with E-state index >= 15 is 0 Å². The standard InChI is InChI=1S/C15H32N2O3/c1-7-9-16-15(4,14(18)19-6)12-13(3)17(5)10-11-20-8-2/h13,16H,7-12H2,1-6H3. The number of carbonyl (C=O) groups is 1. The Morgan fingerprint density at radius 2 is 2.05 bits per heavy atom. The van der Waals surface area contributed by atoms with E-state index in [2.05, 4.69) is 31.1 Å². The lowest BCUT2D eigenvalue weighted by molar-refractivity contribution is -0.148. The minimum atomic E-state index is -0.635.